The number of fused-ring (bicyclic) bond motifs is 1. The van der Waals surface area contributed by atoms with Crippen molar-refractivity contribution in [2.45, 2.75) is 31.7 Å². The second-order valence-electron chi connectivity index (χ2n) is 5.86. The van der Waals surface area contributed by atoms with Gasteiger partial charge in [0.1, 0.15) is 0 Å². The van der Waals surface area contributed by atoms with Gasteiger partial charge in [0.25, 0.3) is 11.5 Å². The zero-order valence-electron chi connectivity index (χ0n) is 14.4. The lowest BCUT2D eigenvalue weighted by Gasteiger charge is -2.05. The molecule has 0 aliphatic carbocycles. The molecule has 2 N–H and O–H groups in total. The first-order valence-electron chi connectivity index (χ1n) is 7.78. The van der Waals surface area contributed by atoms with E-state index in [1.54, 1.807) is 15.1 Å². The van der Waals surface area contributed by atoms with Crippen LogP contribution in [0, 0.1) is 20.8 Å². The molecule has 0 fully saturated rings. The second-order valence-corrected chi connectivity index (χ2v) is 7.64. The average molecular weight is 388 g/mol. The standard InChI is InChI=1S/C15H16N8OS2/c1-8-4-9(2)23(20-8)13-18-19-15(22(13)16)26-7-11-5-12(24)21-10(3)6-25-14(21)17-11/h4-6H,7,16H2,1-3H3. The van der Waals surface area contributed by atoms with Crippen LogP contribution in [-0.4, -0.2) is 34.0 Å². The summed E-state index contributed by atoms with van der Waals surface area (Å²) < 4.78 is 4.65. The molecule has 0 bridgehead atoms. The Bertz CT molecular complexity index is 1170. The molecule has 134 valence electrons. The van der Waals surface area contributed by atoms with Gasteiger partial charge in [-0.2, -0.15) is 5.10 Å². The summed E-state index contributed by atoms with van der Waals surface area (Å²) in [6.45, 7) is 5.72. The molecule has 0 unspecified atom stereocenters. The Morgan fingerprint density at radius 1 is 1.19 bits per heavy atom. The molecule has 4 aromatic rings. The molecule has 0 radical (unpaired) electrons. The normalized spacial score (nSPS) is 11.5. The molecule has 0 amide bonds. The van der Waals surface area contributed by atoms with Gasteiger partial charge >= 0.3 is 0 Å². The van der Waals surface area contributed by atoms with Gasteiger partial charge < -0.3 is 5.84 Å². The Balaban J connectivity index is 1.59. The Labute approximate surface area is 156 Å². The summed E-state index contributed by atoms with van der Waals surface area (Å²) in [5.74, 6) is 7.03. The van der Waals surface area contributed by atoms with Crippen LogP contribution in [0.15, 0.2) is 27.5 Å². The molecule has 4 heterocycles. The maximum atomic E-state index is 12.2. The lowest BCUT2D eigenvalue weighted by Crippen LogP contribution is -2.17. The van der Waals surface area contributed by atoms with Crippen molar-refractivity contribution in [3.8, 4) is 5.95 Å². The van der Waals surface area contributed by atoms with E-state index in [0.29, 0.717) is 27.5 Å². The van der Waals surface area contributed by atoms with Crippen molar-refractivity contribution in [3.63, 3.8) is 0 Å². The van der Waals surface area contributed by atoms with Gasteiger partial charge in [-0.05, 0) is 26.8 Å². The van der Waals surface area contributed by atoms with E-state index in [2.05, 4.69) is 20.3 Å². The van der Waals surface area contributed by atoms with Crippen molar-refractivity contribution < 1.29 is 0 Å². The van der Waals surface area contributed by atoms with E-state index in [4.69, 9.17) is 5.84 Å². The van der Waals surface area contributed by atoms with E-state index < -0.39 is 0 Å². The van der Waals surface area contributed by atoms with E-state index in [-0.39, 0.29) is 5.56 Å². The number of hydrogen-bond acceptors (Lipinski definition) is 8. The molecule has 4 rings (SSSR count). The SMILES string of the molecule is Cc1cc(C)n(-c2nnc(SCc3cc(=O)n4c(C)csc4n3)n2N)n1. The largest absolute Gasteiger partial charge is 0.334 e. The van der Waals surface area contributed by atoms with E-state index in [0.717, 1.165) is 17.1 Å². The minimum absolute atomic E-state index is 0.0816. The summed E-state index contributed by atoms with van der Waals surface area (Å²) in [5.41, 5.74) is 3.28. The van der Waals surface area contributed by atoms with Gasteiger partial charge in [0.2, 0.25) is 5.16 Å². The molecule has 0 spiro atoms. The van der Waals surface area contributed by atoms with Crippen LogP contribution in [0.25, 0.3) is 10.9 Å². The molecule has 4 aromatic heterocycles. The van der Waals surface area contributed by atoms with Crippen LogP contribution in [0.3, 0.4) is 0 Å². The number of nitrogens with zero attached hydrogens (tertiary/aromatic N) is 7. The van der Waals surface area contributed by atoms with Crippen LogP contribution < -0.4 is 11.4 Å². The first kappa shape index (κ1) is 16.8. The van der Waals surface area contributed by atoms with E-state index in [1.165, 1.54) is 27.8 Å². The third-order valence-corrected chi connectivity index (χ3v) is 5.74. The molecule has 0 atom stereocenters. The van der Waals surface area contributed by atoms with Crippen LogP contribution in [0.1, 0.15) is 22.8 Å². The van der Waals surface area contributed by atoms with Crippen molar-refractivity contribution in [2.24, 2.45) is 0 Å². The van der Waals surface area contributed by atoms with Crippen molar-refractivity contribution >= 4 is 28.1 Å². The third-order valence-electron chi connectivity index (χ3n) is 3.82. The molecule has 26 heavy (non-hydrogen) atoms. The summed E-state index contributed by atoms with van der Waals surface area (Å²) in [7, 11) is 0. The van der Waals surface area contributed by atoms with Gasteiger partial charge in [-0.3, -0.25) is 9.20 Å². The molecule has 11 heteroatoms. The van der Waals surface area contributed by atoms with Gasteiger partial charge in [0.05, 0.1) is 11.4 Å². The predicted molar refractivity (Wildman–Crippen MR) is 100 cm³/mol. The van der Waals surface area contributed by atoms with Crippen molar-refractivity contribution in [3.05, 3.63) is 50.6 Å². The maximum absolute atomic E-state index is 12.2. The molecule has 0 saturated heterocycles. The highest BCUT2D eigenvalue weighted by atomic mass is 32.2. The average Bonchev–Trinajstić information content (AvgIpc) is 3.24. The minimum Gasteiger partial charge on any atom is -0.334 e. The van der Waals surface area contributed by atoms with Gasteiger partial charge in [-0.15, -0.1) is 21.5 Å². The first-order chi connectivity index (χ1) is 12.4. The molecule has 0 aromatic carbocycles. The van der Waals surface area contributed by atoms with Gasteiger partial charge in [-0.25, -0.2) is 14.3 Å². The maximum Gasteiger partial charge on any atom is 0.271 e. The van der Waals surface area contributed by atoms with Crippen molar-refractivity contribution in [2.75, 3.05) is 5.84 Å². The lowest BCUT2D eigenvalue weighted by molar-refractivity contribution is 0.727. The first-order valence-corrected chi connectivity index (χ1v) is 9.64. The third kappa shape index (κ3) is 2.78. The van der Waals surface area contributed by atoms with Crippen LogP contribution in [0.2, 0.25) is 0 Å². The van der Waals surface area contributed by atoms with Crippen LogP contribution in [0.5, 0.6) is 0 Å². The summed E-state index contributed by atoms with van der Waals surface area (Å²) in [6, 6.07) is 3.48. The number of nitrogens with two attached hydrogens (primary N) is 1. The van der Waals surface area contributed by atoms with E-state index in [9.17, 15) is 4.79 Å². The summed E-state index contributed by atoms with van der Waals surface area (Å²) in [4.78, 5) is 17.5. The molecular weight excluding hydrogens is 372 g/mol. The number of thiazole rings is 1. The topological polar surface area (TPSA) is 109 Å². The highest BCUT2D eigenvalue weighted by Gasteiger charge is 2.15. The Morgan fingerprint density at radius 3 is 2.73 bits per heavy atom. The summed E-state index contributed by atoms with van der Waals surface area (Å²) >= 11 is 2.82. The number of rotatable bonds is 4. The summed E-state index contributed by atoms with van der Waals surface area (Å²) in [5, 5.41) is 15.1. The number of aryl methyl sites for hydroxylation is 3. The zero-order chi connectivity index (χ0) is 18.4. The predicted octanol–water partition coefficient (Wildman–Crippen LogP) is 1.46. The fourth-order valence-electron chi connectivity index (χ4n) is 2.66. The van der Waals surface area contributed by atoms with E-state index in [1.807, 2.05) is 32.2 Å². The number of thioether (sulfide) groups is 1. The highest BCUT2D eigenvalue weighted by molar-refractivity contribution is 7.98. The second kappa shape index (κ2) is 6.25. The van der Waals surface area contributed by atoms with Gasteiger partial charge in [-0.1, -0.05) is 11.8 Å². The Hall–Kier alpha value is -2.66. The van der Waals surface area contributed by atoms with Gasteiger partial charge in [0.15, 0.2) is 4.96 Å². The molecule has 0 aliphatic rings. The van der Waals surface area contributed by atoms with Crippen LogP contribution in [-0.2, 0) is 5.75 Å². The number of nitrogen functional groups attached to an aromatic ring is 1. The molecule has 0 saturated carbocycles. The Morgan fingerprint density at radius 2 is 2.00 bits per heavy atom. The smallest absolute Gasteiger partial charge is 0.271 e. The Kier molecular flexibility index (Phi) is 4.04. The zero-order valence-corrected chi connectivity index (χ0v) is 16.0. The summed E-state index contributed by atoms with van der Waals surface area (Å²) in [6.07, 6.45) is 0. The fraction of sp³-hybridized carbons (Fsp3) is 0.267. The van der Waals surface area contributed by atoms with Crippen LogP contribution >= 0.6 is 23.1 Å². The monoisotopic (exact) mass is 388 g/mol. The highest BCUT2D eigenvalue weighted by Crippen LogP contribution is 2.21. The quantitative estimate of drug-likeness (QED) is 0.416. The number of aromatic nitrogens is 7. The van der Waals surface area contributed by atoms with Crippen molar-refractivity contribution in [1.29, 1.82) is 0 Å². The molecular formula is C15H16N8OS2. The van der Waals surface area contributed by atoms with Crippen LogP contribution in [0.4, 0.5) is 0 Å². The fourth-order valence-corrected chi connectivity index (χ4v) is 4.29. The molecule has 0 aliphatic heterocycles. The minimum atomic E-state index is -0.0816. The molecule has 9 nitrogen and oxygen atoms in total. The van der Waals surface area contributed by atoms with Gasteiger partial charge in [0, 0.05) is 28.6 Å². The lowest BCUT2D eigenvalue weighted by atomic mass is 10.4. The van der Waals surface area contributed by atoms with E-state index >= 15 is 0 Å². The van der Waals surface area contributed by atoms with Crippen molar-refractivity contribution in [1.82, 2.24) is 34.0 Å². The number of hydrogen-bond donors (Lipinski definition) is 1.